The normalized spacial score (nSPS) is 11.0. The predicted molar refractivity (Wildman–Crippen MR) is 109 cm³/mol. The Morgan fingerprint density at radius 2 is 1.96 bits per heavy atom. The van der Waals surface area contributed by atoms with Crippen molar-refractivity contribution < 1.29 is 0 Å². The van der Waals surface area contributed by atoms with Crippen LogP contribution in [0.1, 0.15) is 17.0 Å². The van der Waals surface area contributed by atoms with Crippen LogP contribution in [-0.2, 0) is 12.3 Å². The third-order valence-electron chi connectivity index (χ3n) is 3.97. The zero-order valence-corrected chi connectivity index (χ0v) is 16.3. The molecule has 6 nitrogen and oxygen atoms in total. The summed E-state index contributed by atoms with van der Waals surface area (Å²) < 4.78 is 2.46. The molecule has 0 spiro atoms. The number of benzene rings is 1. The molecule has 8 heteroatoms. The van der Waals surface area contributed by atoms with Gasteiger partial charge in [-0.2, -0.15) is 0 Å². The summed E-state index contributed by atoms with van der Waals surface area (Å²) in [5.41, 5.74) is 3.42. The molecule has 0 fully saturated rings. The molecule has 0 aliphatic rings. The Balaban J connectivity index is 1.41. The van der Waals surface area contributed by atoms with E-state index in [0.29, 0.717) is 17.9 Å². The standard InChI is InChI=1S/C19H17N5OS2/c1-13-6-5-9-16-21-15(10-17(25)24(13)16)12-26-19-23-22-18(27-19)20-11-14-7-3-2-4-8-14/h2-10H,11-12H2,1H3,(H,20,22). The molecule has 0 atom stereocenters. The van der Waals surface area contributed by atoms with Gasteiger partial charge in [-0.05, 0) is 24.6 Å². The van der Waals surface area contributed by atoms with Crippen LogP contribution in [0.4, 0.5) is 5.13 Å². The fourth-order valence-electron chi connectivity index (χ4n) is 2.69. The van der Waals surface area contributed by atoms with Gasteiger partial charge in [-0.15, -0.1) is 10.2 Å². The van der Waals surface area contributed by atoms with E-state index in [9.17, 15) is 4.79 Å². The van der Waals surface area contributed by atoms with Crippen molar-refractivity contribution in [3.63, 3.8) is 0 Å². The summed E-state index contributed by atoms with van der Waals surface area (Å²) >= 11 is 3.03. The molecule has 0 saturated heterocycles. The highest BCUT2D eigenvalue weighted by Crippen LogP contribution is 2.28. The Morgan fingerprint density at radius 1 is 1.11 bits per heavy atom. The number of nitrogens with one attached hydrogen (secondary N) is 1. The molecule has 27 heavy (non-hydrogen) atoms. The van der Waals surface area contributed by atoms with Gasteiger partial charge in [0, 0.05) is 24.1 Å². The van der Waals surface area contributed by atoms with Crippen molar-refractivity contribution in [2.45, 2.75) is 23.6 Å². The lowest BCUT2D eigenvalue weighted by atomic mass is 10.2. The van der Waals surface area contributed by atoms with Crippen LogP contribution >= 0.6 is 23.1 Å². The van der Waals surface area contributed by atoms with E-state index in [-0.39, 0.29) is 5.56 Å². The number of hydrogen-bond donors (Lipinski definition) is 1. The molecule has 1 N–H and O–H groups in total. The zero-order valence-electron chi connectivity index (χ0n) is 14.6. The molecule has 3 heterocycles. The zero-order chi connectivity index (χ0) is 18.6. The summed E-state index contributed by atoms with van der Waals surface area (Å²) in [5, 5.41) is 12.4. The Morgan fingerprint density at radius 3 is 2.81 bits per heavy atom. The van der Waals surface area contributed by atoms with Gasteiger partial charge >= 0.3 is 0 Å². The largest absolute Gasteiger partial charge is 0.356 e. The molecule has 0 unspecified atom stereocenters. The van der Waals surface area contributed by atoms with Crippen molar-refractivity contribution in [3.8, 4) is 0 Å². The number of rotatable bonds is 6. The minimum atomic E-state index is -0.0591. The second kappa shape index (κ2) is 7.89. The van der Waals surface area contributed by atoms with Crippen LogP contribution in [-0.4, -0.2) is 19.6 Å². The van der Waals surface area contributed by atoms with Gasteiger partial charge in [0.15, 0.2) is 4.34 Å². The average Bonchev–Trinajstić information content (AvgIpc) is 3.13. The first-order valence-electron chi connectivity index (χ1n) is 8.41. The summed E-state index contributed by atoms with van der Waals surface area (Å²) in [4.78, 5) is 16.9. The van der Waals surface area contributed by atoms with Gasteiger partial charge in [-0.25, -0.2) is 4.98 Å². The van der Waals surface area contributed by atoms with Crippen molar-refractivity contribution in [3.05, 3.63) is 81.9 Å². The van der Waals surface area contributed by atoms with Crippen LogP contribution in [0.3, 0.4) is 0 Å². The lowest BCUT2D eigenvalue weighted by molar-refractivity contribution is 0.966. The number of thioether (sulfide) groups is 1. The van der Waals surface area contributed by atoms with Crippen LogP contribution in [0.25, 0.3) is 5.65 Å². The molecule has 136 valence electrons. The second-order valence-electron chi connectivity index (χ2n) is 5.95. The van der Waals surface area contributed by atoms with Crippen molar-refractivity contribution in [1.29, 1.82) is 0 Å². The molecule has 0 aliphatic heterocycles. The third kappa shape index (κ3) is 4.17. The molecule has 4 rings (SSSR count). The van der Waals surface area contributed by atoms with E-state index in [2.05, 4.69) is 32.6 Å². The Kier molecular flexibility index (Phi) is 5.17. The molecule has 0 bridgehead atoms. The van der Waals surface area contributed by atoms with Crippen molar-refractivity contribution in [2.24, 2.45) is 0 Å². The number of pyridine rings is 1. The van der Waals surface area contributed by atoms with Gasteiger partial charge in [0.2, 0.25) is 5.13 Å². The molecule has 0 amide bonds. The number of nitrogens with zero attached hydrogens (tertiary/aromatic N) is 4. The summed E-state index contributed by atoms with van der Waals surface area (Å²) in [6, 6.07) is 17.4. The molecule has 3 aromatic heterocycles. The van der Waals surface area contributed by atoms with Crippen molar-refractivity contribution in [2.75, 3.05) is 5.32 Å². The van der Waals surface area contributed by atoms with E-state index >= 15 is 0 Å². The Bertz CT molecular complexity index is 1120. The average molecular weight is 396 g/mol. The minimum Gasteiger partial charge on any atom is -0.356 e. The first-order valence-corrected chi connectivity index (χ1v) is 10.2. The van der Waals surface area contributed by atoms with Gasteiger partial charge in [-0.1, -0.05) is 59.5 Å². The Hall–Kier alpha value is -2.71. The molecule has 0 saturated carbocycles. The maximum absolute atomic E-state index is 12.3. The molecule has 1 aromatic carbocycles. The highest BCUT2D eigenvalue weighted by atomic mass is 32.2. The highest BCUT2D eigenvalue weighted by molar-refractivity contribution is 8.00. The second-order valence-corrected chi connectivity index (χ2v) is 8.15. The highest BCUT2D eigenvalue weighted by Gasteiger charge is 2.08. The topological polar surface area (TPSA) is 72.2 Å². The fraction of sp³-hybridized carbons (Fsp3) is 0.158. The monoisotopic (exact) mass is 395 g/mol. The summed E-state index contributed by atoms with van der Waals surface area (Å²) in [5.74, 6) is 0.576. The van der Waals surface area contributed by atoms with Gasteiger partial charge in [0.05, 0.1) is 5.69 Å². The van der Waals surface area contributed by atoms with Crippen LogP contribution < -0.4 is 10.9 Å². The fourth-order valence-corrected chi connectivity index (χ4v) is 4.33. The first-order chi connectivity index (χ1) is 13.2. The molecule has 0 radical (unpaired) electrons. The Labute approximate surface area is 164 Å². The van der Waals surface area contributed by atoms with E-state index < -0.39 is 0 Å². The summed E-state index contributed by atoms with van der Waals surface area (Å²) in [6.45, 7) is 2.61. The maximum atomic E-state index is 12.3. The van der Waals surface area contributed by atoms with Crippen LogP contribution in [0, 0.1) is 6.92 Å². The third-order valence-corrected chi connectivity index (χ3v) is 6.02. The molecular weight excluding hydrogens is 378 g/mol. The van der Waals surface area contributed by atoms with Gasteiger partial charge in [0.1, 0.15) is 5.65 Å². The van der Waals surface area contributed by atoms with Crippen LogP contribution in [0.2, 0.25) is 0 Å². The van der Waals surface area contributed by atoms with E-state index in [1.54, 1.807) is 10.5 Å². The van der Waals surface area contributed by atoms with Crippen molar-refractivity contribution in [1.82, 2.24) is 19.6 Å². The van der Waals surface area contributed by atoms with E-state index in [1.165, 1.54) is 28.7 Å². The SMILES string of the molecule is Cc1cccc2nc(CSc3nnc(NCc4ccccc4)s3)cc(=O)n12. The van der Waals surface area contributed by atoms with Gasteiger partial charge < -0.3 is 5.32 Å². The number of anilines is 1. The minimum absolute atomic E-state index is 0.0591. The van der Waals surface area contributed by atoms with E-state index in [0.717, 1.165) is 20.9 Å². The summed E-state index contributed by atoms with van der Waals surface area (Å²) in [6.07, 6.45) is 0. The summed E-state index contributed by atoms with van der Waals surface area (Å²) in [7, 11) is 0. The number of aryl methyl sites for hydroxylation is 1. The van der Waals surface area contributed by atoms with Crippen molar-refractivity contribution >= 4 is 33.9 Å². The number of fused-ring (bicyclic) bond motifs is 1. The number of hydrogen-bond acceptors (Lipinski definition) is 7. The van der Waals surface area contributed by atoms with E-state index in [4.69, 9.17) is 0 Å². The van der Waals surface area contributed by atoms with Gasteiger partial charge in [-0.3, -0.25) is 9.20 Å². The lowest BCUT2D eigenvalue weighted by Gasteiger charge is -2.05. The molecule has 4 aromatic rings. The quantitative estimate of drug-likeness (QED) is 0.501. The molecule has 0 aliphatic carbocycles. The van der Waals surface area contributed by atoms with Gasteiger partial charge in [0.25, 0.3) is 5.56 Å². The maximum Gasteiger partial charge on any atom is 0.258 e. The first kappa shape index (κ1) is 17.7. The predicted octanol–water partition coefficient (Wildman–Crippen LogP) is 3.76. The smallest absolute Gasteiger partial charge is 0.258 e. The van der Waals surface area contributed by atoms with Crippen LogP contribution in [0.5, 0.6) is 0 Å². The lowest BCUT2D eigenvalue weighted by Crippen LogP contribution is -2.17. The van der Waals surface area contributed by atoms with Crippen LogP contribution in [0.15, 0.2) is 63.7 Å². The molecular formula is C19H17N5OS2. The number of aromatic nitrogens is 4. The van der Waals surface area contributed by atoms with E-state index in [1.807, 2.05) is 43.3 Å².